The summed E-state index contributed by atoms with van der Waals surface area (Å²) in [7, 11) is 0. The molecule has 1 aromatic carbocycles. The minimum atomic E-state index is -0.724. The zero-order chi connectivity index (χ0) is 21.2. The fraction of sp³-hybridized carbons (Fsp3) is 0.381. The fourth-order valence-corrected chi connectivity index (χ4v) is 4.80. The number of pyridine rings is 1. The number of ether oxygens (including phenoxy) is 1. The fourth-order valence-electron chi connectivity index (χ4n) is 4.80. The number of carbonyl (C=O) groups excluding carboxylic acids is 3. The third-order valence-corrected chi connectivity index (χ3v) is 5.94. The number of hydrogen-bond acceptors (Lipinski definition) is 6. The van der Waals surface area contributed by atoms with Gasteiger partial charge in [-0.05, 0) is 44.5 Å². The molecular formula is C21H19N5O4. The molecule has 4 amide bonds. The van der Waals surface area contributed by atoms with Crippen LogP contribution < -0.4 is 4.90 Å². The Labute approximate surface area is 172 Å². The first kappa shape index (κ1) is 18.4. The van der Waals surface area contributed by atoms with Gasteiger partial charge < -0.3 is 14.5 Å². The Kier molecular flexibility index (Phi) is 3.93. The maximum Gasteiger partial charge on any atom is 0.410 e. The molecule has 1 unspecified atom stereocenters. The van der Waals surface area contributed by atoms with E-state index in [4.69, 9.17) is 4.74 Å². The van der Waals surface area contributed by atoms with Crippen LogP contribution >= 0.6 is 0 Å². The SMILES string of the molecule is CC(C)OC(=O)N1C[C@H]2CC1[C@H]1C(=O)N(c3ccc(C#N)c4ncccc34)C(=O)N21. The van der Waals surface area contributed by atoms with Crippen LogP contribution in [0.4, 0.5) is 15.3 Å². The molecule has 30 heavy (non-hydrogen) atoms. The Morgan fingerprint density at radius 1 is 1.30 bits per heavy atom. The first-order chi connectivity index (χ1) is 14.4. The zero-order valence-electron chi connectivity index (χ0n) is 16.5. The molecule has 3 aliphatic rings. The zero-order valence-corrected chi connectivity index (χ0v) is 16.5. The van der Waals surface area contributed by atoms with Crippen LogP contribution in [0, 0.1) is 11.3 Å². The summed E-state index contributed by atoms with van der Waals surface area (Å²) in [4.78, 5) is 47.7. The average Bonchev–Trinajstić information content (AvgIpc) is 3.38. The number of hydrogen-bond donors (Lipinski definition) is 0. The van der Waals surface area contributed by atoms with E-state index in [2.05, 4.69) is 11.1 Å². The van der Waals surface area contributed by atoms with Crippen molar-refractivity contribution < 1.29 is 19.1 Å². The number of piperazine rings is 1. The van der Waals surface area contributed by atoms with Crippen LogP contribution in [0.25, 0.3) is 10.9 Å². The number of imide groups is 1. The standard InChI is InChI=1S/C21H19N5O4/c1-11(2)30-21(29)24-10-13-8-16(24)18-19(27)26(20(28)25(13)18)15-6-5-12(9-22)17-14(15)4-3-7-23-17/h3-7,11,13,16,18H,8,10H2,1-2H3/t13-,16?,18+/m1/s1. The minimum absolute atomic E-state index is 0.219. The van der Waals surface area contributed by atoms with E-state index in [0.717, 1.165) is 4.90 Å². The van der Waals surface area contributed by atoms with Gasteiger partial charge in [0.1, 0.15) is 12.1 Å². The topological polar surface area (TPSA) is 107 Å². The molecular weight excluding hydrogens is 386 g/mol. The van der Waals surface area contributed by atoms with Crippen molar-refractivity contribution in [3.8, 4) is 6.07 Å². The van der Waals surface area contributed by atoms with Crippen molar-refractivity contribution in [3.63, 3.8) is 0 Å². The molecule has 0 saturated carbocycles. The highest BCUT2D eigenvalue weighted by atomic mass is 16.6. The van der Waals surface area contributed by atoms with E-state index in [0.29, 0.717) is 35.1 Å². The Bertz CT molecular complexity index is 1140. The lowest BCUT2D eigenvalue weighted by Gasteiger charge is -2.34. The van der Waals surface area contributed by atoms with Gasteiger partial charge in [0.05, 0.1) is 35.0 Å². The monoisotopic (exact) mass is 405 g/mol. The van der Waals surface area contributed by atoms with Gasteiger partial charge in [0.2, 0.25) is 0 Å². The number of carbonyl (C=O) groups is 3. The van der Waals surface area contributed by atoms with Crippen LogP contribution in [0.1, 0.15) is 25.8 Å². The van der Waals surface area contributed by atoms with Crippen LogP contribution in [-0.2, 0) is 9.53 Å². The first-order valence-electron chi connectivity index (χ1n) is 9.83. The highest BCUT2D eigenvalue weighted by molar-refractivity contribution is 6.25. The van der Waals surface area contributed by atoms with Crippen molar-refractivity contribution in [1.82, 2.24) is 14.8 Å². The summed E-state index contributed by atoms with van der Waals surface area (Å²) in [5.41, 5.74) is 1.21. The molecule has 0 spiro atoms. The predicted molar refractivity (Wildman–Crippen MR) is 105 cm³/mol. The van der Waals surface area contributed by atoms with Crippen LogP contribution in [0.2, 0.25) is 0 Å². The molecule has 5 rings (SSSR count). The number of likely N-dealkylation sites (tertiary alicyclic amines) is 1. The molecule has 0 radical (unpaired) electrons. The highest BCUT2D eigenvalue weighted by Gasteiger charge is 2.63. The molecule has 2 bridgehead atoms. The number of nitrogens with zero attached hydrogens (tertiary/aromatic N) is 5. The maximum atomic E-state index is 13.4. The number of urea groups is 1. The van der Waals surface area contributed by atoms with E-state index in [1.54, 1.807) is 54.1 Å². The molecule has 2 aromatic rings. The molecule has 3 aliphatic heterocycles. The summed E-state index contributed by atoms with van der Waals surface area (Å²) >= 11 is 0. The third kappa shape index (κ3) is 2.40. The van der Waals surface area contributed by atoms with Gasteiger partial charge in [0.25, 0.3) is 5.91 Å². The minimum Gasteiger partial charge on any atom is -0.447 e. The van der Waals surface area contributed by atoms with E-state index in [1.807, 2.05) is 0 Å². The quantitative estimate of drug-likeness (QED) is 0.710. The number of rotatable bonds is 2. The second-order valence-electron chi connectivity index (χ2n) is 7.99. The molecule has 3 saturated heterocycles. The second kappa shape index (κ2) is 6.42. The highest BCUT2D eigenvalue weighted by Crippen LogP contribution is 2.43. The van der Waals surface area contributed by atoms with Gasteiger partial charge >= 0.3 is 12.1 Å². The van der Waals surface area contributed by atoms with Crippen molar-refractivity contribution in [2.24, 2.45) is 0 Å². The second-order valence-corrected chi connectivity index (χ2v) is 7.99. The summed E-state index contributed by atoms with van der Waals surface area (Å²) in [6, 6.07) is 6.96. The summed E-state index contributed by atoms with van der Waals surface area (Å²) in [6.45, 7) is 3.90. The van der Waals surface area contributed by atoms with Crippen LogP contribution in [0.5, 0.6) is 0 Å². The Hall–Kier alpha value is -3.67. The number of benzene rings is 1. The summed E-state index contributed by atoms with van der Waals surface area (Å²) in [5.74, 6) is -0.371. The van der Waals surface area contributed by atoms with E-state index >= 15 is 0 Å². The normalized spacial score (nSPS) is 24.7. The number of fused-ring (bicyclic) bond motifs is 6. The largest absolute Gasteiger partial charge is 0.447 e. The molecule has 9 nitrogen and oxygen atoms in total. The van der Waals surface area contributed by atoms with Gasteiger partial charge in [-0.1, -0.05) is 0 Å². The third-order valence-electron chi connectivity index (χ3n) is 5.94. The number of nitriles is 1. The average molecular weight is 405 g/mol. The molecule has 0 N–H and O–H groups in total. The molecule has 1 aromatic heterocycles. The Balaban J connectivity index is 1.53. The Morgan fingerprint density at radius 3 is 2.83 bits per heavy atom. The van der Waals surface area contributed by atoms with Gasteiger partial charge in [0, 0.05) is 18.1 Å². The smallest absolute Gasteiger partial charge is 0.410 e. The van der Waals surface area contributed by atoms with Gasteiger partial charge in [0.15, 0.2) is 0 Å². The van der Waals surface area contributed by atoms with Crippen LogP contribution in [0.15, 0.2) is 30.5 Å². The lowest BCUT2D eigenvalue weighted by molar-refractivity contribution is -0.121. The van der Waals surface area contributed by atoms with E-state index in [1.165, 1.54) is 0 Å². The van der Waals surface area contributed by atoms with Gasteiger partial charge in [-0.15, -0.1) is 0 Å². The molecule has 9 heteroatoms. The molecule has 3 atom stereocenters. The van der Waals surface area contributed by atoms with Gasteiger partial charge in [-0.3, -0.25) is 9.78 Å². The number of aromatic nitrogens is 1. The summed E-state index contributed by atoms with van der Waals surface area (Å²) in [6.07, 6.45) is 1.42. The lowest BCUT2D eigenvalue weighted by atomic mass is 10.1. The van der Waals surface area contributed by atoms with Crippen LogP contribution in [0.3, 0.4) is 0 Å². The van der Waals surface area contributed by atoms with Crippen molar-refractivity contribution in [2.45, 2.75) is 44.5 Å². The van der Waals surface area contributed by atoms with Crippen molar-refractivity contribution in [2.75, 3.05) is 11.4 Å². The number of amides is 4. The lowest BCUT2D eigenvalue weighted by Crippen LogP contribution is -2.55. The molecule has 0 aliphatic carbocycles. The Morgan fingerprint density at radius 2 is 2.10 bits per heavy atom. The van der Waals surface area contributed by atoms with Gasteiger partial charge in [-0.2, -0.15) is 5.26 Å². The van der Waals surface area contributed by atoms with Crippen molar-refractivity contribution in [1.29, 1.82) is 5.26 Å². The maximum absolute atomic E-state index is 13.4. The van der Waals surface area contributed by atoms with E-state index < -0.39 is 24.2 Å². The van der Waals surface area contributed by atoms with E-state index in [9.17, 15) is 19.6 Å². The first-order valence-corrected chi connectivity index (χ1v) is 9.83. The molecule has 3 fully saturated rings. The summed E-state index contributed by atoms with van der Waals surface area (Å²) in [5, 5.41) is 9.91. The van der Waals surface area contributed by atoms with Crippen molar-refractivity contribution >= 4 is 34.6 Å². The molecule has 152 valence electrons. The summed E-state index contributed by atoms with van der Waals surface area (Å²) < 4.78 is 5.31. The van der Waals surface area contributed by atoms with Crippen molar-refractivity contribution in [3.05, 3.63) is 36.0 Å². The molecule has 4 heterocycles. The van der Waals surface area contributed by atoms with Crippen LogP contribution in [-0.4, -0.2) is 63.6 Å². The van der Waals surface area contributed by atoms with Gasteiger partial charge in [-0.25, -0.2) is 14.5 Å². The van der Waals surface area contributed by atoms with E-state index in [-0.39, 0.29) is 18.1 Å². The predicted octanol–water partition coefficient (Wildman–Crippen LogP) is 2.25. The number of anilines is 1.